The van der Waals surface area contributed by atoms with Crippen molar-refractivity contribution in [3.05, 3.63) is 60.2 Å². The summed E-state index contributed by atoms with van der Waals surface area (Å²) in [5.74, 6) is 0.118. The zero-order valence-corrected chi connectivity index (χ0v) is 18.7. The van der Waals surface area contributed by atoms with Gasteiger partial charge < -0.3 is 10.2 Å². The van der Waals surface area contributed by atoms with Gasteiger partial charge in [-0.2, -0.15) is 0 Å². The first-order valence-electron chi connectivity index (χ1n) is 10.6. The lowest BCUT2D eigenvalue weighted by Crippen LogP contribution is -2.49. The molecule has 0 saturated carbocycles. The number of hydrogen-bond donors (Lipinski definition) is 1. The fourth-order valence-electron chi connectivity index (χ4n) is 3.96. The van der Waals surface area contributed by atoms with Crippen molar-refractivity contribution in [2.24, 2.45) is 0 Å². The second-order valence-corrected chi connectivity index (χ2v) is 8.52. The summed E-state index contributed by atoms with van der Waals surface area (Å²) >= 11 is 1.66. The van der Waals surface area contributed by atoms with E-state index in [0.29, 0.717) is 12.6 Å². The van der Waals surface area contributed by atoms with Crippen LogP contribution in [0, 0.1) is 0 Å². The van der Waals surface area contributed by atoms with Gasteiger partial charge in [-0.25, -0.2) is 0 Å². The van der Waals surface area contributed by atoms with Crippen LogP contribution in [-0.4, -0.2) is 60.1 Å². The van der Waals surface area contributed by atoms with Gasteiger partial charge in [-0.05, 0) is 62.4 Å². The summed E-state index contributed by atoms with van der Waals surface area (Å²) in [5.41, 5.74) is 1.58. The van der Waals surface area contributed by atoms with Crippen LogP contribution in [0.1, 0.15) is 36.5 Å². The SMILES string of the molecule is CCCN(CC(=O)Nc1cccc(SC)c1)C1CCN(C(=O)c2ccccc2)CC1. The predicted octanol–water partition coefficient (Wildman–Crippen LogP) is 4.36. The molecule has 3 rings (SSSR count). The van der Waals surface area contributed by atoms with Crippen molar-refractivity contribution in [2.45, 2.75) is 37.1 Å². The van der Waals surface area contributed by atoms with Gasteiger partial charge in [0.2, 0.25) is 5.91 Å². The minimum Gasteiger partial charge on any atom is -0.339 e. The zero-order chi connectivity index (χ0) is 21.3. The molecule has 1 fully saturated rings. The van der Waals surface area contributed by atoms with Crippen LogP contribution < -0.4 is 5.32 Å². The standard InChI is InChI=1S/C24H31N3O2S/c1-3-14-27(18-23(28)25-20-10-7-11-22(17-20)30-2)21-12-15-26(16-13-21)24(29)19-8-5-4-6-9-19/h4-11,17,21H,3,12-16,18H2,1-2H3,(H,25,28). The molecule has 2 aromatic carbocycles. The van der Waals surface area contributed by atoms with Crippen LogP contribution >= 0.6 is 11.8 Å². The topological polar surface area (TPSA) is 52.7 Å². The number of rotatable bonds is 8. The van der Waals surface area contributed by atoms with E-state index in [1.54, 1.807) is 11.8 Å². The van der Waals surface area contributed by atoms with Crippen LogP contribution in [0.4, 0.5) is 5.69 Å². The molecule has 30 heavy (non-hydrogen) atoms. The number of amides is 2. The quantitative estimate of drug-likeness (QED) is 0.639. The molecule has 1 N–H and O–H groups in total. The van der Waals surface area contributed by atoms with Crippen molar-refractivity contribution >= 4 is 29.3 Å². The van der Waals surface area contributed by atoms with Crippen LogP contribution in [0.2, 0.25) is 0 Å². The third-order valence-corrected chi connectivity index (χ3v) is 6.23. The number of carbonyl (C=O) groups is 2. The molecule has 6 heteroatoms. The molecule has 1 aliphatic rings. The van der Waals surface area contributed by atoms with Crippen LogP contribution in [0.25, 0.3) is 0 Å². The molecule has 2 aromatic rings. The number of nitrogens with one attached hydrogen (secondary N) is 1. The van der Waals surface area contributed by atoms with Crippen molar-refractivity contribution in [3.63, 3.8) is 0 Å². The van der Waals surface area contributed by atoms with Gasteiger partial charge in [-0.1, -0.05) is 31.2 Å². The van der Waals surface area contributed by atoms with Crippen molar-refractivity contribution in [1.82, 2.24) is 9.80 Å². The van der Waals surface area contributed by atoms with Crippen LogP contribution in [0.3, 0.4) is 0 Å². The molecule has 160 valence electrons. The van der Waals surface area contributed by atoms with E-state index in [-0.39, 0.29) is 11.8 Å². The number of anilines is 1. The minimum absolute atomic E-state index is 0.0181. The Balaban J connectivity index is 1.55. The van der Waals surface area contributed by atoms with Crippen LogP contribution in [0.15, 0.2) is 59.5 Å². The monoisotopic (exact) mass is 425 g/mol. The normalized spacial score (nSPS) is 14.7. The van der Waals surface area contributed by atoms with E-state index in [9.17, 15) is 9.59 Å². The molecule has 1 heterocycles. The third-order valence-electron chi connectivity index (χ3n) is 5.50. The Morgan fingerprint density at radius 2 is 1.83 bits per heavy atom. The maximum Gasteiger partial charge on any atom is 0.253 e. The molecule has 0 aromatic heterocycles. The molecule has 5 nitrogen and oxygen atoms in total. The fraction of sp³-hybridized carbons (Fsp3) is 0.417. The molecule has 1 aliphatic heterocycles. The van der Waals surface area contributed by atoms with Gasteiger partial charge in [0.15, 0.2) is 0 Å². The maximum absolute atomic E-state index is 12.7. The second-order valence-electron chi connectivity index (χ2n) is 7.64. The van der Waals surface area contributed by atoms with E-state index in [2.05, 4.69) is 17.1 Å². The summed E-state index contributed by atoms with van der Waals surface area (Å²) in [6.45, 7) is 4.87. The Morgan fingerprint density at radius 3 is 2.50 bits per heavy atom. The van der Waals surface area contributed by atoms with Crippen molar-refractivity contribution in [3.8, 4) is 0 Å². The molecular formula is C24H31N3O2S. The number of nitrogens with zero attached hydrogens (tertiary/aromatic N) is 2. The summed E-state index contributed by atoms with van der Waals surface area (Å²) in [5, 5.41) is 3.03. The highest BCUT2D eigenvalue weighted by Gasteiger charge is 2.28. The van der Waals surface area contributed by atoms with Gasteiger partial charge in [-0.3, -0.25) is 14.5 Å². The highest BCUT2D eigenvalue weighted by molar-refractivity contribution is 7.98. The zero-order valence-electron chi connectivity index (χ0n) is 17.8. The van der Waals surface area contributed by atoms with E-state index in [0.717, 1.165) is 55.0 Å². The lowest BCUT2D eigenvalue weighted by molar-refractivity contribution is -0.118. The molecule has 0 unspecified atom stereocenters. The van der Waals surface area contributed by atoms with E-state index in [4.69, 9.17) is 0 Å². The van der Waals surface area contributed by atoms with E-state index < -0.39 is 0 Å². The van der Waals surface area contributed by atoms with Gasteiger partial charge in [0, 0.05) is 35.3 Å². The Labute approximate surface area is 183 Å². The summed E-state index contributed by atoms with van der Waals surface area (Å²) in [4.78, 5) is 30.7. The Kier molecular flexibility index (Phi) is 8.34. The van der Waals surface area contributed by atoms with Crippen molar-refractivity contribution in [2.75, 3.05) is 37.8 Å². The molecular weight excluding hydrogens is 394 g/mol. The Hall–Kier alpha value is -2.31. The first-order chi connectivity index (χ1) is 14.6. The fourth-order valence-corrected chi connectivity index (χ4v) is 4.42. The Morgan fingerprint density at radius 1 is 1.10 bits per heavy atom. The number of thioether (sulfide) groups is 1. The molecule has 0 aliphatic carbocycles. The lowest BCUT2D eigenvalue weighted by Gasteiger charge is -2.38. The molecule has 2 amide bonds. The van der Waals surface area contributed by atoms with Crippen LogP contribution in [0.5, 0.6) is 0 Å². The van der Waals surface area contributed by atoms with Gasteiger partial charge in [0.05, 0.1) is 6.54 Å². The first-order valence-corrected chi connectivity index (χ1v) is 11.9. The smallest absolute Gasteiger partial charge is 0.253 e. The van der Waals surface area contributed by atoms with Crippen molar-refractivity contribution in [1.29, 1.82) is 0 Å². The van der Waals surface area contributed by atoms with Gasteiger partial charge in [0.1, 0.15) is 0 Å². The van der Waals surface area contributed by atoms with E-state index in [1.165, 1.54) is 0 Å². The largest absolute Gasteiger partial charge is 0.339 e. The van der Waals surface area contributed by atoms with E-state index >= 15 is 0 Å². The van der Waals surface area contributed by atoms with Gasteiger partial charge in [0.25, 0.3) is 5.91 Å². The number of likely N-dealkylation sites (tertiary alicyclic amines) is 1. The molecule has 0 bridgehead atoms. The average Bonchev–Trinajstić information content (AvgIpc) is 2.79. The van der Waals surface area contributed by atoms with Gasteiger partial charge in [-0.15, -0.1) is 11.8 Å². The molecule has 0 radical (unpaired) electrons. The first kappa shape index (κ1) is 22.4. The van der Waals surface area contributed by atoms with E-state index in [1.807, 2.05) is 65.8 Å². The van der Waals surface area contributed by atoms with Gasteiger partial charge >= 0.3 is 0 Å². The number of carbonyl (C=O) groups excluding carboxylic acids is 2. The minimum atomic E-state index is 0.0181. The highest BCUT2D eigenvalue weighted by atomic mass is 32.2. The molecule has 0 atom stereocenters. The number of benzene rings is 2. The predicted molar refractivity (Wildman–Crippen MR) is 124 cm³/mol. The summed E-state index contributed by atoms with van der Waals surface area (Å²) in [6, 6.07) is 17.7. The lowest BCUT2D eigenvalue weighted by atomic mass is 10.0. The van der Waals surface area contributed by atoms with Crippen LogP contribution in [-0.2, 0) is 4.79 Å². The van der Waals surface area contributed by atoms with Crippen molar-refractivity contribution < 1.29 is 9.59 Å². The number of hydrogen-bond acceptors (Lipinski definition) is 4. The third kappa shape index (κ3) is 6.09. The Bertz CT molecular complexity index is 835. The molecule has 1 saturated heterocycles. The average molecular weight is 426 g/mol. The highest BCUT2D eigenvalue weighted by Crippen LogP contribution is 2.21. The second kappa shape index (κ2) is 11.2. The number of piperidine rings is 1. The summed E-state index contributed by atoms with van der Waals surface area (Å²) in [7, 11) is 0. The summed E-state index contributed by atoms with van der Waals surface area (Å²) < 4.78 is 0. The summed E-state index contributed by atoms with van der Waals surface area (Å²) in [6.07, 6.45) is 4.82. The molecule has 0 spiro atoms. The maximum atomic E-state index is 12.7.